The second kappa shape index (κ2) is 5.27. The number of ether oxygens (including phenoxy) is 1. The van der Waals surface area contributed by atoms with Gasteiger partial charge in [0, 0.05) is 11.6 Å². The Labute approximate surface area is 80.9 Å². The summed E-state index contributed by atoms with van der Waals surface area (Å²) >= 11 is -0.564. The van der Waals surface area contributed by atoms with E-state index in [0.29, 0.717) is 4.97 Å². The molecule has 0 radical (unpaired) electrons. The molecule has 0 aliphatic carbocycles. The molecule has 0 aromatic heterocycles. The topological polar surface area (TPSA) is 9.23 Å². The lowest BCUT2D eigenvalue weighted by atomic mass is 10.2. The number of rotatable bonds is 3. The zero-order chi connectivity index (χ0) is 8.97. The van der Waals surface area contributed by atoms with E-state index in [1.807, 2.05) is 0 Å². The third-order valence-electron chi connectivity index (χ3n) is 2.69. The van der Waals surface area contributed by atoms with Crippen LogP contribution in [0, 0.1) is 5.92 Å². The zero-order valence-corrected chi connectivity index (χ0v) is 9.83. The highest BCUT2D eigenvalue weighted by atomic mass is 27.2. The van der Waals surface area contributed by atoms with Gasteiger partial charge >= 0.3 is 14.1 Å². The van der Waals surface area contributed by atoms with E-state index in [0.717, 1.165) is 12.5 Å². The average Bonchev–Trinajstić information content (AvgIpc) is 2.05. The minimum atomic E-state index is -0.564. The molecule has 0 spiro atoms. The second-order valence-corrected chi connectivity index (χ2v) is 7.68. The molecule has 1 heterocycles. The predicted octanol–water partition coefficient (Wildman–Crippen LogP) is 2.88. The zero-order valence-electron chi connectivity index (χ0n) is 8.68. The van der Waals surface area contributed by atoms with Gasteiger partial charge in [0.05, 0.1) is 0 Å². The SMILES string of the molecule is CC(C)[CH2][Al]([CH3])[CH]1CCCCO1. The molecule has 0 aromatic rings. The molecule has 1 fully saturated rings. The molecule has 0 amide bonds. The lowest BCUT2D eigenvalue weighted by Crippen LogP contribution is -2.34. The van der Waals surface area contributed by atoms with Crippen LogP contribution in [0.15, 0.2) is 0 Å². The van der Waals surface area contributed by atoms with Crippen LogP contribution in [-0.2, 0) is 4.74 Å². The molecule has 0 bridgehead atoms. The molecule has 0 N–H and O–H groups in total. The first-order chi connectivity index (χ1) is 5.70. The van der Waals surface area contributed by atoms with Crippen LogP contribution in [0.2, 0.25) is 11.1 Å². The molecule has 1 rings (SSSR count). The highest BCUT2D eigenvalue weighted by Gasteiger charge is 2.26. The van der Waals surface area contributed by atoms with Crippen molar-refractivity contribution in [3.8, 4) is 0 Å². The molecule has 1 atom stereocenters. The van der Waals surface area contributed by atoms with Crippen LogP contribution >= 0.6 is 0 Å². The summed E-state index contributed by atoms with van der Waals surface area (Å²) in [6.45, 7) is 5.68. The second-order valence-electron chi connectivity index (χ2n) is 4.51. The highest BCUT2D eigenvalue weighted by Crippen LogP contribution is 2.19. The summed E-state index contributed by atoms with van der Waals surface area (Å²) in [5.41, 5.74) is 0. The summed E-state index contributed by atoms with van der Waals surface area (Å²) in [5.74, 6) is 3.34. The van der Waals surface area contributed by atoms with Gasteiger partial charge in [-0.2, -0.15) is 0 Å². The normalized spacial score (nSPS) is 24.5. The standard InChI is InChI=1S/C5H9O.C4H9.CH3.Al/c1-2-4-6-5-3-1;1-4(2)3;;/h4H,1-3,5H2;4H,1H2,2-3H3;1H3;. The van der Waals surface area contributed by atoms with Gasteiger partial charge in [0.2, 0.25) is 0 Å². The van der Waals surface area contributed by atoms with Gasteiger partial charge in [0.1, 0.15) is 0 Å². The molecular formula is C10H21AlO. The summed E-state index contributed by atoms with van der Waals surface area (Å²) in [6, 6.07) is 0. The first-order valence-electron chi connectivity index (χ1n) is 5.31. The van der Waals surface area contributed by atoms with Crippen LogP contribution < -0.4 is 0 Å². The van der Waals surface area contributed by atoms with Crippen LogP contribution in [0.3, 0.4) is 0 Å². The summed E-state index contributed by atoms with van der Waals surface area (Å²) in [5, 5.41) is 1.45. The third-order valence-corrected chi connectivity index (χ3v) is 6.17. The number of hydrogen-bond acceptors (Lipinski definition) is 1. The Balaban J connectivity index is 2.24. The molecule has 1 saturated heterocycles. The number of hydrogen-bond donors (Lipinski definition) is 0. The van der Waals surface area contributed by atoms with E-state index in [-0.39, 0.29) is 0 Å². The Morgan fingerprint density at radius 2 is 2.17 bits per heavy atom. The van der Waals surface area contributed by atoms with E-state index in [9.17, 15) is 0 Å². The Kier molecular flexibility index (Phi) is 4.64. The van der Waals surface area contributed by atoms with Crippen LogP contribution in [0.1, 0.15) is 33.1 Å². The van der Waals surface area contributed by atoms with Crippen molar-refractivity contribution in [3.05, 3.63) is 0 Å². The van der Waals surface area contributed by atoms with E-state index in [4.69, 9.17) is 4.74 Å². The van der Waals surface area contributed by atoms with Crippen molar-refractivity contribution in [3.63, 3.8) is 0 Å². The first kappa shape index (κ1) is 10.6. The van der Waals surface area contributed by atoms with Crippen molar-refractivity contribution in [2.24, 2.45) is 5.92 Å². The molecular weight excluding hydrogens is 163 g/mol. The van der Waals surface area contributed by atoms with E-state index < -0.39 is 14.1 Å². The Morgan fingerprint density at radius 1 is 1.42 bits per heavy atom. The Hall–Kier alpha value is 0.492. The van der Waals surface area contributed by atoms with Gasteiger partial charge in [-0.3, -0.25) is 0 Å². The van der Waals surface area contributed by atoms with E-state index in [2.05, 4.69) is 19.6 Å². The minimum Gasteiger partial charge on any atom is -0.393 e. The molecule has 70 valence electrons. The highest BCUT2D eigenvalue weighted by molar-refractivity contribution is 6.58. The maximum absolute atomic E-state index is 5.80. The monoisotopic (exact) mass is 184 g/mol. The smallest absolute Gasteiger partial charge is 0.303 e. The van der Waals surface area contributed by atoms with E-state index in [1.54, 1.807) is 0 Å². The summed E-state index contributed by atoms with van der Waals surface area (Å²) in [6.07, 6.45) is 4.04. The van der Waals surface area contributed by atoms with E-state index >= 15 is 0 Å². The van der Waals surface area contributed by atoms with Gasteiger partial charge < -0.3 is 4.74 Å². The van der Waals surface area contributed by atoms with Crippen molar-refractivity contribution < 1.29 is 4.74 Å². The fourth-order valence-corrected chi connectivity index (χ4v) is 5.17. The molecule has 1 nitrogen and oxygen atoms in total. The van der Waals surface area contributed by atoms with Gasteiger partial charge in [-0.05, 0) is 19.3 Å². The van der Waals surface area contributed by atoms with Crippen molar-refractivity contribution in [1.82, 2.24) is 0 Å². The van der Waals surface area contributed by atoms with Gasteiger partial charge in [-0.1, -0.05) is 25.0 Å². The molecule has 0 aromatic carbocycles. The maximum Gasteiger partial charge on any atom is 0.303 e. The quantitative estimate of drug-likeness (QED) is 0.613. The maximum atomic E-state index is 5.80. The van der Waals surface area contributed by atoms with Crippen molar-refractivity contribution >= 4 is 14.1 Å². The fourth-order valence-electron chi connectivity index (χ4n) is 2.11. The van der Waals surface area contributed by atoms with Crippen LogP contribution in [-0.4, -0.2) is 25.7 Å². The lowest BCUT2D eigenvalue weighted by Gasteiger charge is -2.26. The predicted molar refractivity (Wildman–Crippen MR) is 54.9 cm³/mol. The summed E-state index contributed by atoms with van der Waals surface area (Å²) < 4.78 is 5.80. The first-order valence-corrected chi connectivity index (χ1v) is 7.95. The summed E-state index contributed by atoms with van der Waals surface area (Å²) in [7, 11) is 0. The van der Waals surface area contributed by atoms with Crippen LogP contribution in [0.4, 0.5) is 0 Å². The third kappa shape index (κ3) is 3.48. The Morgan fingerprint density at radius 3 is 2.67 bits per heavy atom. The van der Waals surface area contributed by atoms with Gasteiger partial charge in [-0.25, -0.2) is 0 Å². The fraction of sp³-hybridized carbons (Fsp3) is 1.00. The molecule has 1 unspecified atom stereocenters. The molecule has 2 heteroatoms. The largest absolute Gasteiger partial charge is 0.393 e. The average molecular weight is 184 g/mol. The lowest BCUT2D eigenvalue weighted by molar-refractivity contribution is 0.0623. The van der Waals surface area contributed by atoms with Gasteiger partial charge in [0.25, 0.3) is 0 Å². The minimum absolute atomic E-state index is 0.564. The van der Waals surface area contributed by atoms with E-state index in [1.165, 1.54) is 24.5 Å². The molecule has 1 aliphatic rings. The van der Waals surface area contributed by atoms with Crippen LogP contribution in [0.25, 0.3) is 0 Å². The van der Waals surface area contributed by atoms with Crippen molar-refractivity contribution in [2.75, 3.05) is 6.61 Å². The molecule has 0 saturated carbocycles. The Bertz CT molecular complexity index is 119. The molecule has 12 heavy (non-hydrogen) atoms. The van der Waals surface area contributed by atoms with Crippen molar-refractivity contribution in [2.45, 2.75) is 49.1 Å². The van der Waals surface area contributed by atoms with Crippen LogP contribution in [0.5, 0.6) is 0 Å². The van der Waals surface area contributed by atoms with Gasteiger partial charge in [0.15, 0.2) is 0 Å². The summed E-state index contributed by atoms with van der Waals surface area (Å²) in [4.78, 5) is 0.696. The molecule has 1 aliphatic heterocycles. The van der Waals surface area contributed by atoms with Gasteiger partial charge in [-0.15, -0.1) is 5.79 Å². The van der Waals surface area contributed by atoms with Crippen molar-refractivity contribution in [1.29, 1.82) is 0 Å².